The number of carbonyl (C=O) groups is 2. The number of benzene rings is 2. The highest BCUT2D eigenvalue weighted by Gasteiger charge is 2.42. The van der Waals surface area contributed by atoms with Crippen molar-refractivity contribution in [2.24, 2.45) is 5.92 Å². The molecule has 2 fully saturated rings. The van der Waals surface area contributed by atoms with Crippen molar-refractivity contribution < 1.29 is 18.0 Å². The number of hydrogen-bond donors (Lipinski definition) is 0. The Balaban J connectivity index is 1.49. The maximum Gasteiger partial charge on any atom is 0.254 e. The van der Waals surface area contributed by atoms with E-state index in [4.69, 9.17) is 0 Å². The molecule has 4 rings (SSSR count). The van der Waals surface area contributed by atoms with Crippen LogP contribution in [0, 0.1) is 12.8 Å². The molecule has 8 heteroatoms. The summed E-state index contributed by atoms with van der Waals surface area (Å²) in [4.78, 5) is 29.4. The molecule has 158 valence electrons. The molecule has 0 unspecified atom stereocenters. The summed E-state index contributed by atoms with van der Waals surface area (Å²) in [6.07, 6.45) is 0. The zero-order valence-electron chi connectivity index (χ0n) is 17.1. The fraction of sp³-hybridized carbons (Fsp3) is 0.364. The second kappa shape index (κ2) is 7.75. The molecule has 0 aliphatic carbocycles. The maximum atomic E-state index is 13.0. The predicted molar refractivity (Wildman–Crippen MR) is 116 cm³/mol. The van der Waals surface area contributed by atoms with Crippen LogP contribution in [0.4, 0.5) is 11.4 Å². The van der Waals surface area contributed by atoms with Crippen LogP contribution in [-0.4, -0.2) is 57.1 Å². The van der Waals surface area contributed by atoms with Gasteiger partial charge in [-0.2, -0.15) is 0 Å². The summed E-state index contributed by atoms with van der Waals surface area (Å²) in [5.41, 5.74) is 2.96. The summed E-state index contributed by atoms with van der Waals surface area (Å²) in [5, 5.41) is 0. The average Bonchev–Trinajstić information content (AvgIpc) is 2.94. The zero-order valence-corrected chi connectivity index (χ0v) is 17.9. The van der Waals surface area contributed by atoms with Crippen molar-refractivity contribution in [3.05, 3.63) is 59.7 Å². The normalized spacial score (nSPS) is 21.2. The molecule has 2 aliphatic heterocycles. The van der Waals surface area contributed by atoms with Gasteiger partial charge >= 0.3 is 0 Å². The Morgan fingerprint density at radius 1 is 0.967 bits per heavy atom. The zero-order chi connectivity index (χ0) is 21.5. The Kier molecular flexibility index (Phi) is 5.27. The monoisotopic (exact) mass is 427 g/mol. The van der Waals surface area contributed by atoms with E-state index in [0.717, 1.165) is 23.1 Å². The average molecular weight is 428 g/mol. The van der Waals surface area contributed by atoms with E-state index in [9.17, 15) is 18.0 Å². The van der Waals surface area contributed by atoms with Gasteiger partial charge in [0.05, 0.1) is 17.4 Å². The van der Waals surface area contributed by atoms with Gasteiger partial charge in [-0.3, -0.25) is 9.59 Å². The minimum absolute atomic E-state index is 0.155. The van der Waals surface area contributed by atoms with Crippen LogP contribution in [-0.2, 0) is 14.8 Å². The molecular formula is C22H25N3O4S. The first-order valence-electron chi connectivity index (χ1n) is 10.0. The summed E-state index contributed by atoms with van der Waals surface area (Å²) in [6, 6.07) is 14.6. The van der Waals surface area contributed by atoms with Crippen molar-refractivity contribution in [1.82, 2.24) is 4.90 Å². The number of sulfonamides is 1. The molecule has 30 heavy (non-hydrogen) atoms. The van der Waals surface area contributed by atoms with E-state index < -0.39 is 21.8 Å². The molecule has 0 N–H and O–H groups in total. The SMILES string of the molecule is Cc1cccc(N2CCN(C(=O)c3cccc(N4C(=O)[C@H](C)CS4(=O)=O)c3)CC2)c1. The highest BCUT2D eigenvalue weighted by molar-refractivity contribution is 7.94. The molecule has 2 saturated heterocycles. The van der Waals surface area contributed by atoms with Crippen LogP contribution in [0.25, 0.3) is 0 Å². The highest BCUT2D eigenvalue weighted by atomic mass is 32.2. The third-order valence-electron chi connectivity index (χ3n) is 5.62. The van der Waals surface area contributed by atoms with Crippen molar-refractivity contribution in [2.45, 2.75) is 13.8 Å². The lowest BCUT2D eigenvalue weighted by atomic mass is 10.1. The number of rotatable bonds is 3. The molecular weight excluding hydrogens is 402 g/mol. The fourth-order valence-corrected chi connectivity index (χ4v) is 5.84. The standard InChI is InChI=1S/C22H25N3O4S/c1-16-5-3-7-19(13-16)23-9-11-24(12-10-23)22(27)18-6-4-8-20(14-18)25-21(26)17(2)15-30(25,28)29/h3-8,13-14,17H,9-12,15H2,1-2H3/t17-/m1/s1. The van der Waals surface area contributed by atoms with Crippen LogP contribution in [0.1, 0.15) is 22.8 Å². The first kappa shape index (κ1) is 20.4. The molecule has 2 amide bonds. The Bertz CT molecular complexity index is 1090. The number of carbonyl (C=O) groups excluding carboxylic acids is 2. The van der Waals surface area contributed by atoms with E-state index in [1.165, 1.54) is 11.6 Å². The number of piperazine rings is 1. The van der Waals surface area contributed by atoms with E-state index >= 15 is 0 Å². The van der Waals surface area contributed by atoms with E-state index in [2.05, 4.69) is 30.0 Å². The second-order valence-corrected chi connectivity index (χ2v) is 9.81. The maximum absolute atomic E-state index is 13.0. The third-order valence-corrected chi connectivity index (χ3v) is 7.49. The van der Waals surface area contributed by atoms with Gasteiger partial charge < -0.3 is 9.80 Å². The van der Waals surface area contributed by atoms with Gasteiger partial charge in [0.25, 0.3) is 5.91 Å². The topological polar surface area (TPSA) is 78.0 Å². The molecule has 2 aromatic rings. The molecule has 2 aromatic carbocycles. The minimum Gasteiger partial charge on any atom is -0.368 e. The van der Waals surface area contributed by atoms with Gasteiger partial charge in [-0.1, -0.05) is 25.1 Å². The first-order valence-corrected chi connectivity index (χ1v) is 11.6. The molecule has 0 saturated carbocycles. The van der Waals surface area contributed by atoms with Gasteiger partial charge in [0.1, 0.15) is 0 Å². The molecule has 0 aromatic heterocycles. The van der Waals surface area contributed by atoms with Crippen LogP contribution in [0.2, 0.25) is 0 Å². The van der Waals surface area contributed by atoms with Gasteiger partial charge in [-0.05, 0) is 42.8 Å². The number of hydrogen-bond acceptors (Lipinski definition) is 5. The van der Waals surface area contributed by atoms with Crippen molar-refractivity contribution in [3.63, 3.8) is 0 Å². The van der Waals surface area contributed by atoms with E-state index in [-0.39, 0.29) is 17.3 Å². The van der Waals surface area contributed by atoms with E-state index in [1.807, 2.05) is 6.07 Å². The Labute approximate surface area is 176 Å². The van der Waals surface area contributed by atoms with Crippen molar-refractivity contribution in [1.29, 1.82) is 0 Å². The molecule has 0 spiro atoms. The summed E-state index contributed by atoms with van der Waals surface area (Å²) in [5.74, 6) is -1.39. The van der Waals surface area contributed by atoms with Crippen LogP contribution >= 0.6 is 0 Å². The lowest BCUT2D eigenvalue weighted by Gasteiger charge is -2.36. The summed E-state index contributed by atoms with van der Waals surface area (Å²) >= 11 is 0. The van der Waals surface area contributed by atoms with Crippen molar-refractivity contribution in [2.75, 3.05) is 41.1 Å². The van der Waals surface area contributed by atoms with Gasteiger partial charge in [-0.15, -0.1) is 0 Å². The van der Waals surface area contributed by atoms with Gasteiger partial charge in [0.15, 0.2) is 0 Å². The largest absolute Gasteiger partial charge is 0.368 e. The molecule has 0 radical (unpaired) electrons. The first-order chi connectivity index (χ1) is 14.3. The van der Waals surface area contributed by atoms with Crippen molar-refractivity contribution >= 4 is 33.2 Å². The van der Waals surface area contributed by atoms with Crippen LogP contribution in [0.15, 0.2) is 48.5 Å². The van der Waals surface area contributed by atoms with E-state index in [0.29, 0.717) is 18.7 Å². The van der Waals surface area contributed by atoms with Gasteiger partial charge in [0.2, 0.25) is 15.9 Å². The lowest BCUT2D eigenvalue weighted by molar-refractivity contribution is -0.119. The smallest absolute Gasteiger partial charge is 0.254 e. The Morgan fingerprint density at radius 2 is 1.63 bits per heavy atom. The quantitative estimate of drug-likeness (QED) is 0.751. The lowest BCUT2D eigenvalue weighted by Crippen LogP contribution is -2.48. The minimum atomic E-state index is -3.70. The number of amides is 2. The van der Waals surface area contributed by atoms with Gasteiger partial charge in [0, 0.05) is 37.4 Å². The van der Waals surface area contributed by atoms with Crippen LogP contribution in [0.5, 0.6) is 0 Å². The number of nitrogens with zero attached hydrogens (tertiary/aromatic N) is 3. The summed E-state index contributed by atoms with van der Waals surface area (Å²) in [6.45, 7) is 6.27. The molecule has 0 bridgehead atoms. The number of aryl methyl sites for hydroxylation is 1. The summed E-state index contributed by atoms with van der Waals surface area (Å²) < 4.78 is 25.6. The van der Waals surface area contributed by atoms with E-state index in [1.54, 1.807) is 30.0 Å². The Hall–Kier alpha value is -2.87. The third kappa shape index (κ3) is 3.79. The molecule has 2 aliphatic rings. The van der Waals surface area contributed by atoms with Crippen molar-refractivity contribution in [3.8, 4) is 0 Å². The van der Waals surface area contributed by atoms with Crippen LogP contribution < -0.4 is 9.21 Å². The Morgan fingerprint density at radius 3 is 2.27 bits per heavy atom. The van der Waals surface area contributed by atoms with Crippen LogP contribution in [0.3, 0.4) is 0 Å². The van der Waals surface area contributed by atoms with Gasteiger partial charge in [-0.25, -0.2) is 12.7 Å². The molecule has 7 nitrogen and oxygen atoms in total. The number of anilines is 2. The summed E-state index contributed by atoms with van der Waals surface area (Å²) in [7, 11) is -3.70. The molecule has 1 atom stereocenters. The molecule has 2 heterocycles. The second-order valence-electron chi connectivity index (χ2n) is 7.95. The highest BCUT2D eigenvalue weighted by Crippen LogP contribution is 2.29. The fourth-order valence-electron chi connectivity index (χ4n) is 4.03. The predicted octanol–water partition coefficient (Wildman–Crippen LogP) is 2.27.